The number of nitrogens with zero attached hydrogens (tertiary/aromatic N) is 3. The van der Waals surface area contributed by atoms with Gasteiger partial charge in [-0.05, 0) is 32.0 Å². The number of methoxy groups -OCH3 is 1. The third-order valence-corrected chi connectivity index (χ3v) is 3.66. The number of anilines is 3. The lowest BCUT2D eigenvalue weighted by molar-refractivity contribution is 0.0965. The zero-order valence-corrected chi connectivity index (χ0v) is 16.4. The second-order valence-corrected chi connectivity index (χ2v) is 5.71. The molecule has 0 saturated heterocycles. The van der Waals surface area contributed by atoms with E-state index in [2.05, 4.69) is 30.9 Å². The van der Waals surface area contributed by atoms with Gasteiger partial charge in [0, 0.05) is 43.5 Å². The number of allylic oxidation sites excluding steroid dienone is 1. The molecule has 2 rings (SSSR count). The number of benzene rings is 1. The van der Waals surface area contributed by atoms with Crippen molar-refractivity contribution >= 4 is 29.6 Å². The predicted octanol–water partition coefficient (Wildman–Crippen LogP) is 2.20. The summed E-state index contributed by atoms with van der Waals surface area (Å²) in [6.45, 7) is 4.34. The Labute approximate surface area is 164 Å². The molecule has 28 heavy (non-hydrogen) atoms. The van der Waals surface area contributed by atoms with Gasteiger partial charge in [-0.25, -0.2) is 4.98 Å². The third kappa shape index (κ3) is 5.44. The predicted molar refractivity (Wildman–Crippen MR) is 111 cm³/mol. The summed E-state index contributed by atoms with van der Waals surface area (Å²) in [5, 5.41) is 8.79. The fraction of sp³-hybridized carbons (Fsp3) is 0.263. The van der Waals surface area contributed by atoms with E-state index < -0.39 is 0 Å². The topological polar surface area (TPSA) is 127 Å². The summed E-state index contributed by atoms with van der Waals surface area (Å²) in [7, 11) is 3.28. The van der Waals surface area contributed by atoms with Crippen molar-refractivity contribution in [2.45, 2.75) is 13.8 Å². The van der Waals surface area contributed by atoms with E-state index >= 15 is 0 Å². The van der Waals surface area contributed by atoms with E-state index in [0.29, 0.717) is 41.0 Å². The van der Waals surface area contributed by atoms with Crippen LogP contribution < -0.4 is 26.4 Å². The number of rotatable bonds is 8. The van der Waals surface area contributed by atoms with Gasteiger partial charge in [-0.15, -0.1) is 0 Å². The maximum atomic E-state index is 12.7. The van der Waals surface area contributed by atoms with Crippen molar-refractivity contribution in [3.8, 4) is 5.75 Å². The first-order chi connectivity index (χ1) is 13.5. The van der Waals surface area contributed by atoms with Crippen LogP contribution in [0.15, 0.2) is 41.2 Å². The van der Waals surface area contributed by atoms with Gasteiger partial charge in [0.05, 0.1) is 18.4 Å². The Morgan fingerprint density at radius 3 is 2.75 bits per heavy atom. The first-order valence-corrected chi connectivity index (χ1v) is 8.72. The average Bonchev–Trinajstić information content (AvgIpc) is 2.70. The first-order valence-electron chi connectivity index (χ1n) is 8.72. The van der Waals surface area contributed by atoms with Crippen LogP contribution in [0.5, 0.6) is 5.75 Å². The first kappa shape index (κ1) is 20.7. The summed E-state index contributed by atoms with van der Waals surface area (Å²) in [6, 6.07) is 6.96. The molecule has 2 aromatic rings. The summed E-state index contributed by atoms with van der Waals surface area (Å²) >= 11 is 0. The summed E-state index contributed by atoms with van der Waals surface area (Å²) in [4.78, 5) is 25.5. The third-order valence-electron chi connectivity index (χ3n) is 3.66. The molecule has 1 heterocycles. The number of hydrogen-bond acceptors (Lipinski definition) is 8. The molecule has 0 bridgehead atoms. The second kappa shape index (κ2) is 9.91. The normalized spacial score (nSPS) is 11.4. The number of carbonyl (C=O) groups is 1. The van der Waals surface area contributed by atoms with Crippen LogP contribution in [0.3, 0.4) is 0 Å². The van der Waals surface area contributed by atoms with E-state index in [9.17, 15) is 4.79 Å². The fourth-order valence-electron chi connectivity index (χ4n) is 2.35. The maximum Gasteiger partial charge on any atom is 0.259 e. The average molecular weight is 383 g/mol. The quantitative estimate of drug-likeness (QED) is 0.515. The largest absolute Gasteiger partial charge is 0.496 e. The van der Waals surface area contributed by atoms with Crippen LogP contribution >= 0.6 is 0 Å². The van der Waals surface area contributed by atoms with Gasteiger partial charge in [0.15, 0.2) is 0 Å². The number of hydrogen-bond donors (Lipinski definition) is 4. The monoisotopic (exact) mass is 383 g/mol. The van der Waals surface area contributed by atoms with Crippen LogP contribution in [0.2, 0.25) is 0 Å². The van der Waals surface area contributed by atoms with E-state index in [-0.39, 0.29) is 5.91 Å². The van der Waals surface area contributed by atoms with Gasteiger partial charge in [0.25, 0.3) is 5.91 Å². The molecule has 0 atom stereocenters. The Morgan fingerprint density at radius 2 is 2.11 bits per heavy atom. The Morgan fingerprint density at radius 1 is 1.32 bits per heavy atom. The lowest BCUT2D eigenvalue weighted by Gasteiger charge is -2.13. The van der Waals surface area contributed by atoms with E-state index in [0.717, 1.165) is 5.69 Å². The van der Waals surface area contributed by atoms with Gasteiger partial charge in [-0.1, -0.05) is 0 Å². The molecule has 5 N–H and O–H groups in total. The molecule has 0 fully saturated rings. The molecule has 9 heteroatoms. The van der Waals surface area contributed by atoms with Gasteiger partial charge in [0.2, 0.25) is 5.95 Å². The minimum atomic E-state index is -0.374. The smallest absolute Gasteiger partial charge is 0.259 e. The highest BCUT2D eigenvalue weighted by molar-refractivity contribution is 6.01. The van der Waals surface area contributed by atoms with Crippen LogP contribution in [0.4, 0.5) is 17.5 Å². The van der Waals surface area contributed by atoms with E-state index in [1.807, 2.05) is 19.9 Å². The highest BCUT2D eigenvalue weighted by Crippen LogP contribution is 2.24. The minimum absolute atomic E-state index is 0.332. The number of ether oxygens (including phenoxy) is 1. The van der Waals surface area contributed by atoms with Crippen LogP contribution in [0, 0.1) is 6.92 Å². The molecule has 1 amide bonds. The number of amides is 1. The number of aromatic nitrogens is 2. The highest BCUT2D eigenvalue weighted by atomic mass is 16.5. The van der Waals surface area contributed by atoms with Crippen molar-refractivity contribution in [3.05, 3.63) is 47.4 Å². The standard InChI is InChI=1S/C19H25N7O2/c1-5-22-11-14(10-20)24-18(27)15-9-13(6-7-16(15)28-4)25-19-23-12(2)8-17(21-3)26-19/h6-11H,5,20H2,1-4H3,(H,24,27)(H2,21,23,25,26)/b14-10+,22-11?. The number of aliphatic imine (C=N–C) groups is 1. The molecule has 1 aromatic heterocycles. The van der Waals surface area contributed by atoms with Gasteiger partial charge < -0.3 is 26.4 Å². The number of nitrogens with two attached hydrogens (primary N) is 1. The molecule has 0 aliphatic heterocycles. The molecule has 148 valence electrons. The minimum Gasteiger partial charge on any atom is -0.496 e. The summed E-state index contributed by atoms with van der Waals surface area (Å²) in [6.07, 6.45) is 2.79. The van der Waals surface area contributed by atoms with E-state index in [1.54, 1.807) is 25.2 Å². The van der Waals surface area contributed by atoms with Crippen molar-refractivity contribution in [2.24, 2.45) is 10.7 Å². The molecule has 9 nitrogen and oxygen atoms in total. The maximum absolute atomic E-state index is 12.7. The van der Waals surface area contributed by atoms with Crippen molar-refractivity contribution in [2.75, 3.05) is 31.3 Å². The van der Waals surface area contributed by atoms with Gasteiger partial charge in [-0.3, -0.25) is 9.79 Å². The number of carbonyl (C=O) groups excluding carboxylic acids is 1. The molecule has 1 aromatic carbocycles. The molecule has 0 unspecified atom stereocenters. The van der Waals surface area contributed by atoms with Crippen molar-refractivity contribution in [1.82, 2.24) is 15.3 Å². The second-order valence-electron chi connectivity index (χ2n) is 5.71. The number of nitrogens with one attached hydrogen (secondary N) is 3. The van der Waals surface area contributed by atoms with Crippen molar-refractivity contribution in [3.63, 3.8) is 0 Å². The molecule has 0 spiro atoms. The van der Waals surface area contributed by atoms with Crippen LogP contribution in [0.1, 0.15) is 23.0 Å². The summed E-state index contributed by atoms with van der Waals surface area (Å²) in [5.41, 5.74) is 7.72. The lowest BCUT2D eigenvalue weighted by Crippen LogP contribution is -2.25. The molecule has 0 saturated carbocycles. The fourth-order valence-corrected chi connectivity index (χ4v) is 2.35. The van der Waals surface area contributed by atoms with E-state index in [1.165, 1.54) is 19.5 Å². The van der Waals surface area contributed by atoms with Crippen LogP contribution in [-0.4, -0.2) is 42.8 Å². The van der Waals surface area contributed by atoms with Crippen LogP contribution in [0.25, 0.3) is 0 Å². The SMILES string of the molecule is CCN=C/C(=C\N)NC(=O)c1cc(Nc2nc(C)cc(NC)n2)ccc1OC. The Hall–Kier alpha value is -3.62. The van der Waals surface area contributed by atoms with Crippen molar-refractivity contribution < 1.29 is 9.53 Å². The number of aryl methyl sites for hydroxylation is 1. The van der Waals surface area contributed by atoms with Gasteiger partial charge in [-0.2, -0.15) is 4.98 Å². The molecule has 0 radical (unpaired) electrons. The zero-order chi connectivity index (χ0) is 20.5. The molecular formula is C19H25N7O2. The van der Waals surface area contributed by atoms with Gasteiger partial charge in [0.1, 0.15) is 11.6 Å². The van der Waals surface area contributed by atoms with Crippen LogP contribution in [-0.2, 0) is 0 Å². The molecule has 0 aliphatic carbocycles. The zero-order valence-electron chi connectivity index (χ0n) is 16.4. The Kier molecular flexibility index (Phi) is 7.32. The molecular weight excluding hydrogens is 358 g/mol. The van der Waals surface area contributed by atoms with Gasteiger partial charge >= 0.3 is 0 Å². The molecule has 0 aliphatic rings. The summed E-state index contributed by atoms with van der Waals surface area (Å²) < 4.78 is 5.31. The van der Waals surface area contributed by atoms with Crippen molar-refractivity contribution in [1.29, 1.82) is 0 Å². The highest BCUT2D eigenvalue weighted by Gasteiger charge is 2.15. The summed E-state index contributed by atoms with van der Waals surface area (Å²) in [5.74, 6) is 1.15. The van der Waals surface area contributed by atoms with E-state index in [4.69, 9.17) is 10.5 Å². The Bertz CT molecular complexity index is 894. The lowest BCUT2D eigenvalue weighted by atomic mass is 10.1. The Balaban J connectivity index is 2.29.